The number of nitrogens with zero attached hydrogens (tertiary/aromatic N) is 3. The van der Waals surface area contributed by atoms with E-state index in [1.54, 1.807) is 10.8 Å². The molecule has 0 saturated carbocycles. The molecule has 2 aromatic carbocycles. The average Bonchev–Trinajstić information content (AvgIpc) is 3.55. The first-order valence-electron chi connectivity index (χ1n) is 12.6. The molecule has 0 radical (unpaired) electrons. The van der Waals surface area contributed by atoms with Gasteiger partial charge in [0.2, 0.25) is 5.91 Å². The third-order valence-corrected chi connectivity index (χ3v) is 7.48. The molecule has 1 unspecified atom stereocenters. The maximum atomic E-state index is 13.0. The molecule has 0 bridgehead atoms. The Bertz CT molecular complexity index is 1480. The summed E-state index contributed by atoms with van der Waals surface area (Å²) < 4.78 is 9.68. The lowest BCUT2D eigenvalue weighted by Crippen LogP contribution is -2.45. The second kappa shape index (κ2) is 9.32. The normalized spacial score (nSPS) is 17.4. The Hall–Kier alpha value is -3.84. The van der Waals surface area contributed by atoms with E-state index in [1.165, 1.54) is 17.3 Å². The van der Waals surface area contributed by atoms with Crippen molar-refractivity contribution in [3.63, 3.8) is 0 Å². The number of amides is 1. The largest absolute Gasteiger partial charge is 0.489 e. The summed E-state index contributed by atoms with van der Waals surface area (Å²) >= 11 is 0. The molecule has 1 amide bonds. The lowest BCUT2D eigenvalue weighted by atomic mass is 10.0. The van der Waals surface area contributed by atoms with Crippen LogP contribution in [0, 0.1) is 0 Å². The summed E-state index contributed by atoms with van der Waals surface area (Å²) in [4.78, 5) is 27.9. The van der Waals surface area contributed by atoms with Crippen LogP contribution in [0.4, 0.5) is 0 Å². The molecule has 2 aromatic heterocycles. The molecule has 1 N–H and O–H groups in total. The van der Waals surface area contributed by atoms with Gasteiger partial charge in [0.1, 0.15) is 12.4 Å². The van der Waals surface area contributed by atoms with Crippen LogP contribution in [0.1, 0.15) is 29.7 Å². The van der Waals surface area contributed by atoms with Gasteiger partial charge in [0, 0.05) is 55.5 Å². The van der Waals surface area contributed by atoms with E-state index < -0.39 is 0 Å². The average molecular weight is 483 g/mol. The molecule has 0 spiro atoms. The lowest BCUT2D eigenvalue weighted by Gasteiger charge is -2.30. The highest BCUT2D eigenvalue weighted by molar-refractivity contribution is 5.89. The molecule has 2 aliphatic rings. The minimum absolute atomic E-state index is 0.0420. The second-order valence-electron chi connectivity index (χ2n) is 9.69. The van der Waals surface area contributed by atoms with Gasteiger partial charge in [-0.1, -0.05) is 36.4 Å². The fraction of sp³-hybridized carbons (Fsp3) is 0.310. The van der Waals surface area contributed by atoms with E-state index in [2.05, 4.69) is 29.1 Å². The number of hydrogen-bond acceptors (Lipinski definition) is 4. The SMILES string of the molecule is Cn1c2c(c3ccc(-n4ccc(OCc5ccccc5)cc4=O)cc31)CN(C(=O)C1CCCN1)CC2. The molecule has 184 valence electrons. The minimum Gasteiger partial charge on any atom is -0.489 e. The molecule has 7 nitrogen and oxygen atoms in total. The van der Waals surface area contributed by atoms with Crippen molar-refractivity contribution in [1.82, 2.24) is 19.4 Å². The van der Waals surface area contributed by atoms with Crippen molar-refractivity contribution in [2.75, 3.05) is 13.1 Å². The maximum absolute atomic E-state index is 13.0. The van der Waals surface area contributed by atoms with Gasteiger partial charge in [-0.2, -0.15) is 0 Å². The summed E-state index contributed by atoms with van der Waals surface area (Å²) in [6, 6.07) is 19.3. The van der Waals surface area contributed by atoms with Crippen LogP contribution in [0.5, 0.6) is 5.75 Å². The van der Waals surface area contributed by atoms with Crippen molar-refractivity contribution in [2.24, 2.45) is 7.05 Å². The summed E-state index contributed by atoms with van der Waals surface area (Å²) in [7, 11) is 2.07. The van der Waals surface area contributed by atoms with Gasteiger partial charge in [-0.05, 0) is 43.1 Å². The first kappa shape index (κ1) is 22.6. The van der Waals surface area contributed by atoms with Crippen LogP contribution < -0.4 is 15.6 Å². The second-order valence-corrected chi connectivity index (χ2v) is 9.69. The summed E-state index contributed by atoms with van der Waals surface area (Å²) in [6.45, 7) is 2.72. The molecule has 2 aliphatic heterocycles. The van der Waals surface area contributed by atoms with Crippen molar-refractivity contribution in [1.29, 1.82) is 0 Å². The summed E-state index contributed by atoms with van der Waals surface area (Å²) in [5, 5.41) is 4.48. The highest BCUT2D eigenvalue weighted by Gasteiger charge is 2.31. The summed E-state index contributed by atoms with van der Waals surface area (Å²) in [5.41, 5.74) is 5.28. The van der Waals surface area contributed by atoms with Crippen LogP contribution in [0.25, 0.3) is 16.6 Å². The van der Waals surface area contributed by atoms with E-state index in [0.29, 0.717) is 18.9 Å². The predicted octanol–water partition coefficient (Wildman–Crippen LogP) is 3.54. The fourth-order valence-electron chi connectivity index (χ4n) is 5.52. The number of pyridine rings is 1. The van der Waals surface area contributed by atoms with E-state index >= 15 is 0 Å². The maximum Gasteiger partial charge on any atom is 0.258 e. The molecule has 4 aromatic rings. The molecule has 1 saturated heterocycles. The number of aromatic nitrogens is 2. The Morgan fingerprint density at radius 3 is 2.75 bits per heavy atom. The van der Waals surface area contributed by atoms with Crippen molar-refractivity contribution < 1.29 is 9.53 Å². The highest BCUT2D eigenvalue weighted by Crippen LogP contribution is 2.32. The molecule has 4 heterocycles. The van der Waals surface area contributed by atoms with Crippen molar-refractivity contribution in [3.05, 3.63) is 94.0 Å². The van der Waals surface area contributed by atoms with Gasteiger partial charge < -0.3 is 19.5 Å². The molecule has 6 rings (SSSR count). The van der Waals surface area contributed by atoms with Crippen LogP contribution in [-0.4, -0.2) is 39.1 Å². The Kier molecular flexibility index (Phi) is 5.85. The smallest absolute Gasteiger partial charge is 0.258 e. The number of benzene rings is 2. The van der Waals surface area contributed by atoms with Gasteiger partial charge >= 0.3 is 0 Å². The van der Waals surface area contributed by atoms with E-state index in [4.69, 9.17) is 4.74 Å². The van der Waals surface area contributed by atoms with Crippen LogP contribution in [0.3, 0.4) is 0 Å². The third-order valence-electron chi connectivity index (χ3n) is 7.48. The van der Waals surface area contributed by atoms with Gasteiger partial charge in [-0.3, -0.25) is 14.2 Å². The van der Waals surface area contributed by atoms with Gasteiger partial charge in [0.25, 0.3) is 5.56 Å². The minimum atomic E-state index is -0.139. The Morgan fingerprint density at radius 1 is 1.11 bits per heavy atom. The molecular formula is C29H30N4O3. The van der Waals surface area contributed by atoms with Gasteiger partial charge in [0.05, 0.1) is 17.2 Å². The third kappa shape index (κ3) is 4.09. The number of rotatable bonds is 5. The van der Waals surface area contributed by atoms with Gasteiger partial charge in [-0.25, -0.2) is 0 Å². The Balaban J connectivity index is 1.25. The van der Waals surface area contributed by atoms with E-state index in [9.17, 15) is 9.59 Å². The van der Waals surface area contributed by atoms with E-state index in [1.807, 2.05) is 47.4 Å². The van der Waals surface area contributed by atoms with Crippen molar-refractivity contribution in [2.45, 2.75) is 38.5 Å². The molecular weight excluding hydrogens is 452 g/mol. The monoisotopic (exact) mass is 482 g/mol. The van der Waals surface area contributed by atoms with Crippen LogP contribution in [-0.2, 0) is 31.4 Å². The topological polar surface area (TPSA) is 68.5 Å². The molecule has 1 fully saturated rings. The van der Waals surface area contributed by atoms with Gasteiger partial charge in [-0.15, -0.1) is 0 Å². The van der Waals surface area contributed by atoms with Crippen LogP contribution >= 0.6 is 0 Å². The van der Waals surface area contributed by atoms with Crippen molar-refractivity contribution >= 4 is 16.8 Å². The van der Waals surface area contributed by atoms with Crippen molar-refractivity contribution in [3.8, 4) is 11.4 Å². The van der Waals surface area contributed by atoms with Gasteiger partial charge in [0.15, 0.2) is 0 Å². The van der Waals surface area contributed by atoms with Crippen LogP contribution in [0.2, 0.25) is 0 Å². The lowest BCUT2D eigenvalue weighted by molar-refractivity contribution is -0.134. The number of hydrogen-bond donors (Lipinski definition) is 1. The van der Waals surface area contributed by atoms with E-state index in [-0.39, 0.29) is 17.5 Å². The zero-order valence-electron chi connectivity index (χ0n) is 20.4. The number of nitrogens with one attached hydrogen (secondary N) is 1. The zero-order chi connectivity index (χ0) is 24.6. The van der Waals surface area contributed by atoms with Crippen LogP contribution in [0.15, 0.2) is 71.7 Å². The number of aryl methyl sites for hydroxylation is 1. The molecule has 36 heavy (non-hydrogen) atoms. The summed E-state index contributed by atoms with van der Waals surface area (Å²) in [6.07, 6.45) is 4.58. The number of carbonyl (C=O) groups is 1. The standard InChI is InChI=1S/C29H30N4O3/c1-31-26-12-14-32(29(35)25-8-5-13-30-25)18-24(26)23-10-9-21(16-27(23)31)33-15-11-22(17-28(33)34)36-19-20-6-3-2-4-7-20/h2-4,6-7,9-11,15-17,25,30H,5,8,12-14,18-19H2,1H3. The quantitative estimate of drug-likeness (QED) is 0.473. The fourth-order valence-corrected chi connectivity index (χ4v) is 5.52. The van der Waals surface area contributed by atoms with E-state index in [0.717, 1.165) is 54.5 Å². The molecule has 0 aliphatic carbocycles. The number of fused-ring (bicyclic) bond motifs is 3. The first-order valence-corrected chi connectivity index (χ1v) is 12.6. The Labute approximate surface area is 209 Å². The number of carbonyl (C=O) groups excluding carboxylic acids is 1. The summed E-state index contributed by atoms with van der Waals surface area (Å²) in [5.74, 6) is 0.768. The number of ether oxygens (including phenoxy) is 1. The zero-order valence-corrected chi connectivity index (χ0v) is 20.4. The first-order chi connectivity index (χ1) is 17.6. The predicted molar refractivity (Wildman–Crippen MR) is 139 cm³/mol. The molecule has 7 heteroatoms. The highest BCUT2D eigenvalue weighted by atomic mass is 16.5. The molecule has 1 atom stereocenters. The Morgan fingerprint density at radius 2 is 1.97 bits per heavy atom.